The molecule has 0 saturated carbocycles. The Bertz CT molecular complexity index is 972. The van der Waals surface area contributed by atoms with Crippen molar-refractivity contribution in [2.45, 2.75) is 20.5 Å². The number of benzene rings is 2. The molecule has 0 aliphatic heterocycles. The third kappa shape index (κ3) is 4.29. The molecule has 0 saturated heterocycles. The molecular weight excluding hydrogens is 366 g/mol. The number of hydrogen-bond donors (Lipinski definition) is 0. The van der Waals surface area contributed by atoms with Crippen LogP contribution in [-0.2, 0) is 11.4 Å². The molecule has 1 aromatic heterocycles. The van der Waals surface area contributed by atoms with Gasteiger partial charge in [0.05, 0.1) is 16.3 Å². The largest absolute Gasteiger partial charge is 0.487 e. The highest BCUT2D eigenvalue weighted by atomic mass is 32.1. The number of para-hydroxylation sites is 1. The number of carbonyl (C=O) groups excluding carboxylic acids is 1. The maximum atomic E-state index is 12.1. The lowest BCUT2D eigenvalue weighted by molar-refractivity contribution is -0.385. The van der Waals surface area contributed by atoms with Gasteiger partial charge in [0, 0.05) is 23.9 Å². The molecule has 3 rings (SSSR count). The maximum Gasteiger partial charge on any atom is 0.272 e. The van der Waals surface area contributed by atoms with Gasteiger partial charge in [-0.1, -0.05) is 18.2 Å². The molecule has 1 heterocycles. The summed E-state index contributed by atoms with van der Waals surface area (Å²) in [6.07, 6.45) is 0. The minimum Gasteiger partial charge on any atom is -0.487 e. The second kappa shape index (κ2) is 7.96. The lowest BCUT2D eigenvalue weighted by Crippen LogP contribution is -2.22. The van der Waals surface area contributed by atoms with Crippen LogP contribution < -0.4 is 9.64 Å². The van der Waals surface area contributed by atoms with Crippen molar-refractivity contribution in [2.75, 3.05) is 4.90 Å². The van der Waals surface area contributed by atoms with Gasteiger partial charge in [-0.25, -0.2) is 4.98 Å². The van der Waals surface area contributed by atoms with Gasteiger partial charge in [0.2, 0.25) is 5.91 Å². The van der Waals surface area contributed by atoms with Crippen molar-refractivity contribution in [1.29, 1.82) is 0 Å². The second-order valence-electron chi connectivity index (χ2n) is 5.81. The summed E-state index contributed by atoms with van der Waals surface area (Å²) in [7, 11) is 0. The highest BCUT2D eigenvalue weighted by molar-refractivity contribution is 7.14. The molecule has 0 spiro atoms. The van der Waals surface area contributed by atoms with Gasteiger partial charge >= 0.3 is 0 Å². The van der Waals surface area contributed by atoms with Crippen molar-refractivity contribution in [3.8, 4) is 5.75 Å². The summed E-state index contributed by atoms with van der Waals surface area (Å²) >= 11 is 1.35. The summed E-state index contributed by atoms with van der Waals surface area (Å²) in [5, 5.41) is 13.3. The Hall–Kier alpha value is -3.26. The number of thiazole rings is 1. The third-order valence-electron chi connectivity index (χ3n) is 3.81. The molecule has 138 valence electrons. The number of anilines is 2. The zero-order chi connectivity index (χ0) is 19.4. The van der Waals surface area contributed by atoms with Crippen LogP contribution in [0.2, 0.25) is 0 Å². The number of amides is 1. The van der Waals surface area contributed by atoms with E-state index in [1.165, 1.54) is 24.3 Å². The molecule has 0 aliphatic rings. The van der Waals surface area contributed by atoms with Crippen molar-refractivity contribution < 1.29 is 14.5 Å². The SMILES string of the molecule is CC(=O)N(c1ccccc1)c1nc(COc2ccc([N+](=O)[O-])c(C)c2)cs1. The zero-order valence-corrected chi connectivity index (χ0v) is 15.6. The Labute approximate surface area is 160 Å². The number of aromatic nitrogens is 1. The molecule has 3 aromatic rings. The third-order valence-corrected chi connectivity index (χ3v) is 4.69. The Morgan fingerprint density at radius 1 is 1.26 bits per heavy atom. The van der Waals surface area contributed by atoms with E-state index in [9.17, 15) is 14.9 Å². The highest BCUT2D eigenvalue weighted by Gasteiger charge is 2.18. The maximum absolute atomic E-state index is 12.1. The van der Waals surface area contributed by atoms with Crippen LogP contribution in [0.1, 0.15) is 18.2 Å². The Morgan fingerprint density at radius 3 is 2.63 bits per heavy atom. The summed E-state index contributed by atoms with van der Waals surface area (Å²) in [4.78, 5) is 28.5. The normalized spacial score (nSPS) is 10.4. The number of nitro benzene ring substituents is 1. The van der Waals surface area contributed by atoms with Crippen molar-refractivity contribution in [2.24, 2.45) is 0 Å². The van der Waals surface area contributed by atoms with E-state index in [1.807, 2.05) is 35.7 Å². The molecular formula is C19H17N3O4S. The van der Waals surface area contributed by atoms with Gasteiger partial charge in [0.1, 0.15) is 12.4 Å². The minimum atomic E-state index is -0.425. The van der Waals surface area contributed by atoms with Gasteiger partial charge in [-0.05, 0) is 31.2 Å². The average molecular weight is 383 g/mol. The standard InChI is InChI=1S/C19H17N3O4S/c1-13-10-17(8-9-18(13)22(24)25)26-11-15-12-27-19(20-15)21(14(2)23)16-6-4-3-5-7-16/h3-10,12H,11H2,1-2H3. The number of rotatable bonds is 6. The summed E-state index contributed by atoms with van der Waals surface area (Å²) < 4.78 is 5.69. The fourth-order valence-electron chi connectivity index (χ4n) is 2.55. The summed E-state index contributed by atoms with van der Waals surface area (Å²) in [5.74, 6) is 0.396. The number of hydrogen-bond acceptors (Lipinski definition) is 6. The minimum absolute atomic E-state index is 0.0539. The van der Waals surface area contributed by atoms with Crippen molar-refractivity contribution in [3.63, 3.8) is 0 Å². The average Bonchev–Trinajstić information content (AvgIpc) is 3.09. The van der Waals surface area contributed by atoms with E-state index in [-0.39, 0.29) is 18.2 Å². The van der Waals surface area contributed by atoms with Crippen molar-refractivity contribution in [3.05, 3.63) is 75.3 Å². The van der Waals surface area contributed by atoms with E-state index in [0.29, 0.717) is 22.1 Å². The first-order chi connectivity index (χ1) is 13.0. The first-order valence-electron chi connectivity index (χ1n) is 8.13. The van der Waals surface area contributed by atoms with Crippen LogP contribution in [-0.4, -0.2) is 15.8 Å². The Balaban J connectivity index is 1.73. The fourth-order valence-corrected chi connectivity index (χ4v) is 3.42. The fraction of sp³-hybridized carbons (Fsp3) is 0.158. The zero-order valence-electron chi connectivity index (χ0n) is 14.8. The van der Waals surface area contributed by atoms with E-state index in [1.54, 1.807) is 24.0 Å². The molecule has 0 bridgehead atoms. The monoisotopic (exact) mass is 383 g/mol. The van der Waals surface area contributed by atoms with Gasteiger partial charge in [-0.15, -0.1) is 11.3 Å². The van der Waals surface area contributed by atoms with E-state index < -0.39 is 4.92 Å². The van der Waals surface area contributed by atoms with Gasteiger partial charge in [0.25, 0.3) is 5.69 Å². The van der Waals surface area contributed by atoms with Crippen molar-refractivity contribution >= 4 is 33.8 Å². The van der Waals surface area contributed by atoms with Gasteiger partial charge in [-0.3, -0.25) is 19.8 Å². The number of carbonyl (C=O) groups is 1. The molecule has 1 amide bonds. The Kier molecular flexibility index (Phi) is 5.46. The second-order valence-corrected chi connectivity index (χ2v) is 6.64. The first kappa shape index (κ1) is 18.5. The van der Waals surface area contributed by atoms with E-state index in [0.717, 1.165) is 5.69 Å². The van der Waals surface area contributed by atoms with E-state index in [4.69, 9.17) is 4.74 Å². The van der Waals surface area contributed by atoms with Crippen LogP contribution >= 0.6 is 11.3 Å². The van der Waals surface area contributed by atoms with Crippen LogP contribution in [0.15, 0.2) is 53.9 Å². The predicted molar refractivity (Wildman–Crippen MR) is 104 cm³/mol. The van der Waals surface area contributed by atoms with Gasteiger partial charge < -0.3 is 4.74 Å². The first-order valence-corrected chi connectivity index (χ1v) is 9.01. The van der Waals surface area contributed by atoms with E-state index in [2.05, 4.69) is 4.98 Å². The van der Waals surface area contributed by atoms with E-state index >= 15 is 0 Å². The number of nitrogens with zero attached hydrogens (tertiary/aromatic N) is 3. The van der Waals surface area contributed by atoms with Gasteiger partial charge in [0.15, 0.2) is 5.13 Å². The molecule has 0 unspecified atom stereocenters. The number of ether oxygens (including phenoxy) is 1. The summed E-state index contributed by atoms with van der Waals surface area (Å²) in [5.41, 5.74) is 2.01. The number of nitro groups is 1. The predicted octanol–water partition coefficient (Wildman–Crippen LogP) is 4.62. The lowest BCUT2D eigenvalue weighted by Gasteiger charge is -2.17. The van der Waals surface area contributed by atoms with Crippen LogP contribution in [0.4, 0.5) is 16.5 Å². The van der Waals surface area contributed by atoms with Crippen LogP contribution in [0.25, 0.3) is 0 Å². The lowest BCUT2D eigenvalue weighted by atomic mass is 10.2. The van der Waals surface area contributed by atoms with Crippen LogP contribution in [0.3, 0.4) is 0 Å². The smallest absolute Gasteiger partial charge is 0.272 e. The molecule has 2 aromatic carbocycles. The molecule has 7 nitrogen and oxygen atoms in total. The highest BCUT2D eigenvalue weighted by Crippen LogP contribution is 2.29. The Morgan fingerprint density at radius 2 is 2.00 bits per heavy atom. The summed E-state index contributed by atoms with van der Waals surface area (Å²) in [6, 6.07) is 13.9. The quantitative estimate of drug-likeness (QED) is 0.458. The molecule has 0 atom stereocenters. The summed E-state index contributed by atoms with van der Waals surface area (Å²) in [6.45, 7) is 3.36. The van der Waals surface area contributed by atoms with Gasteiger partial charge in [-0.2, -0.15) is 0 Å². The molecule has 27 heavy (non-hydrogen) atoms. The van der Waals surface area contributed by atoms with Crippen molar-refractivity contribution in [1.82, 2.24) is 4.98 Å². The molecule has 0 N–H and O–H groups in total. The van der Waals surface area contributed by atoms with Crippen LogP contribution in [0.5, 0.6) is 5.75 Å². The molecule has 0 fully saturated rings. The number of aryl methyl sites for hydroxylation is 1. The molecule has 8 heteroatoms. The topological polar surface area (TPSA) is 85.6 Å². The molecule has 0 radical (unpaired) electrons. The van der Waals surface area contributed by atoms with Crippen LogP contribution in [0, 0.1) is 17.0 Å². The molecule has 0 aliphatic carbocycles.